The normalized spacial score (nSPS) is 13.6. The van der Waals surface area contributed by atoms with Crippen molar-refractivity contribution >= 4 is 23.2 Å². The number of halogens is 1. The van der Waals surface area contributed by atoms with Crippen molar-refractivity contribution < 1.29 is 4.79 Å². The van der Waals surface area contributed by atoms with E-state index in [1.165, 1.54) is 0 Å². The van der Waals surface area contributed by atoms with Gasteiger partial charge in [-0.25, -0.2) is 0 Å². The van der Waals surface area contributed by atoms with Crippen LogP contribution in [0.5, 0.6) is 0 Å². The van der Waals surface area contributed by atoms with Crippen LogP contribution in [-0.4, -0.2) is 22.4 Å². The van der Waals surface area contributed by atoms with Gasteiger partial charge in [0.05, 0.1) is 11.9 Å². The number of rotatable bonds is 3. The van der Waals surface area contributed by atoms with E-state index >= 15 is 0 Å². The first-order chi connectivity index (χ1) is 12.6. The second-order valence-corrected chi connectivity index (χ2v) is 6.98. The van der Waals surface area contributed by atoms with Crippen LogP contribution in [0.15, 0.2) is 55.0 Å². The molecule has 1 aromatic carbocycles. The Labute approximate surface area is 157 Å². The molecule has 3 heterocycles. The molecule has 1 aliphatic rings. The third-order valence-corrected chi connectivity index (χ3v) is 4.86. The van der Waals surface area contributed by atoms with Crippen molar-refractivity contribution in [3.8, 4) is 0 Å². The van der Waals surface area contributed by atoms with E-state index in [1.807, 2.05) is 37.5 Å². The molecular formula is C21H18ClN3O. The zero-order chi connectivity index (χ0) is 18.1. The van der Waals surface area contributed by atoms with E-state index in [4.69, 9.17) is 11.6 Å². The van der Waals surface area contributed by atoms with Gasteiger partial charge in [0.25, 0.3) is 5.91 Å². The van der Waals surface area contributed by atoms with Gasteiger partial charge in [-0.1, -0.05) is 17.7 Å². The van der Waals surface area contributed by atoms with Gasteiger partial charge < -0.3 is 4.90 Å². The van der Waals surface area contributed by atoms with Gasteiger partial charge in [-0.05, 0) is 60.4 Å². The predicted octanol–water partition coefficient (Wildman–Crippen LogP) is 4.23. The van der Waals surface area contributed by atoms with Crippen molar-refractivity contribution in [3.63, 3.8) is 0 Å². The lowest BCUT2D eigenvalue weighted by molar-refractivity contribution is 0.0980. The first kappa shape index (κ1) is 16.7. The Kier molecular flexibility index (Phi) is 4.43. The fraction of sp³-hybridized carbons (Fsp3) is 0.190. The molecule has 26 heavy (non-hydrogen) atoms. The molecule has 0 saturated heterocycles. The van der Waals surface area contributed by atoms with Gasteiger partial charge in [-0.15, -0.1) is 0 Å². The van der Waals surface area contributed by atoms with E-state index in [1.54, 1.807) is 23.2 Å². The molecule has 0 atom stereocenters. The maximum Gasteiger partial charge on any atom is 0.258 e. The fourth-order valence-electron chi connectivity index (χ4n) is 3.26. The smallest absolute Gasteiger partial charge is 0.258 e. The summed E-state index contributed by atoms with van der Waals surface area (Å²) in [6.07, 6.45) is 6.99. The lowest BCUT2D eigenvalue weighted by Crippen LogP contribution is -2.37. The van der Waals surface area contributed by atoms with Gasteiger partial charge in [0, 0.05) is 41.6 Å². The highest BCUT2D eigenvalue weighted by molar-refractivity contribution is 6.30. The number of amides is 1. The molecule has 0 unspecified atom stereocenters. The number of carbonyl (C=O) groups excluding carboxylic acids is 1. The Morgan fingerprint density at radius 1 is 1.08 bits per heavy atom. The standard InChI is InChI=1S/C21H18ClN3O/c1-14-2-3-15(12-24-14)8-16-9-19(13-23-11-16)25-7-6-17-10-18(22)4-5-20(17)21(25)26/h2-5,9-13H,6-8H2,1H3. The third-order valence-electron chi connectivity index (χ3n) is 4.62. The van der Waals surface area contributed by atoms with Crippen molar-refractivity contribution in [2.75, 3.05) is 11.4 Å². The van der Waals surface area contributed by atoms with Gasteiger partial charge in [0.2, 0.25) is 0 Å². The lowest BCUT2D eigenvalue weighted by atomic mass is 9.98. The van der Waals surface area contributed by atoms with Gasteiger partial charge in [-0.2, -0.15) is 0 Å². The Morgan fingerprint density at radius 3 is 2.77 bits per heavy atom. The van der Waals surface area contributed by atoms with Crippen molar-refractivity contribution in [2.45, 2.75) is 19.8 Å². The third kappa shape index (κ3) is 3.33. The average molecular weight is 364 g/mol. The molecule has 3 aromatic rings. The summed E-state index contributed by atoms with van der Waals surface area (Å²) >= 11 is 6.05. The molecule has 0 radical (unpaired) electrons. The predicted molar refractivity (Wildman–Crippen MR) is 103 cm³/mol. The maximum absolute atomic E-state index is 12.9. The molecule has 1 amide bonds. The molecule has 0 aliphatic carbocycles. The fourth-order valence-corrected chi connectivity index (χ4v) is 3.45. The minimum atomic E-state index is -0.00105. The van der Waals surface area contributed by atoms with Crippen LogP contribution in [-0.2, 0) is 12.8 Å². The molecule has 0 saturated carbocycles. The number of carbonyl (C=O) groups is 1. The molecule has 5 heteroatoms. The van der Waals surface area contributed by atoms with E-state index in [-0.39, 0.29) is 5.91 Å². The topological polar surface area (TPSA) is 46.1 Å². The average Bonchev–Trinajstić information content (AvgIpc) is 2.64. The Morgan fingerprint density at radius 2 is 1.96 bits per heavy atom. The molecule has 0 N–H and O–H groups in total. The highest BCUT2D eigenvalue weighted by atomic mass is 35.5. The summed E-state index contributed by atoms with van der Waals surface area (Å²) in [5.74, 6) is -0.00105. The highest BCUT2D eigenvalue weighted by Crippen LogP contribution is 2.27. The van der Waals surface area contributed by atoms with Gasteiger partial charge in [0.1, 0.15) is 0 Å². The number of aryl methyl sites for hydroxylation is 1. The molecule has 0 bridgehead atoms. The minimum Gasteiger partial charge on any atom is -0.306 e. The SMILES string of the molecule is Cc1ccc(Cc2cncc(N3CCc4cc(Cl)ccc4C3=O)c2)cn1. The number of fused-ring (bicyclic) bond motifs is 1. The summed E-state index contributed by atoms with van der Waals surface area (Å²) in [7, 11) is 0. The minimum absolute atomic E-state index is 0.00105. The first-order valence-electron chi connectivity index (χ1n) is 8.56. The van der Waals surface area contributed by atoms with Crippen LogP contribution in [0.3, 0.4) is 0 Å². The number of pyridine rings is 2. The second-order valence-electron chi connectivity index (χ2n) is 6.54. The number of hydrogen-bond donors (Lipinski definition) is 0. The summed E-state index contributed by atoms with van der Waals surface area (Å²) < 4.78 is 0. The zero-order valence-electron chi connectivity index (χ0n) is 14.4. The molecule has 0 spiro atoms. The van der Waals surface area contributed by atoms with Crippen molar-refractivity contribution in [1.29, 1.82) is 0 Å². The van der Waals surface area contributed by atoms with Crippen LogP contribution in [0.25, 0.3) is 0 Å². The van der Waals surface area contributed by atoms with Crippen molar-refractivity contribution in [2.24, 2.45) is 0 Å². The molecule has 4 rings (SSSR count). The molecular weight excluding hydrogens is 346 g/mol. The monoisotopic (exact) mass is 363 g/mol. The molecule has 4 nitrogen and oxygen atoms in total. The molecule has 1 aliphatic heterocycles. The number of anilines is 1. The van der Waals surface area contributed by atoms with Gasteiger partial charge in [-0.3, -0.25) is 14.8 Å². The van der Waals surface area contributed by atoms with E-state index in [0.29, 0.717) is 17.1 Å². The Hall–Kier alpha value is -2.72. The quantitative estimate of drug-likeness (QED) is 0.699. The maximum atomic E-state index is 12.9. The number of nitrogens with zero attached hydrogens (tertiary/aromatic N) is 3. The summed E-state index contributed by atoms with van der Waals surface area (Å²) in [6.45, 7) is 2.60. The van der Waals surface area contributed by atoms with Gasteiger partial charge in [0.15, 0.2) is 0 Å². The lowest BCUT2D eigenvalue weighted by Gasteiger charge is -2.28. The van der Waals surface area contributed by atoms with Crippen LogP contribution in [0, 0.1) is 6.92 Å². The largest absolute Gasteiger partial charge is 0.306 e. The summed E-state index contributed by atoms with van der Waals surface area (Å²) in [5, 5.41) is 0.667. The van der Waals surface area contributed by atoms with Crippen LogP contribution in [0.4, 0.5) is 5.69 Å². The van der Waals surface area contributed by atoms with E-state index < -0.39 is 0 Å². The van der Waals surface area contributed by atoms with Gasteiger partial charge >= 0.3 is 0 Å². The Balaban J connectivity index is 1.59. The molecule has 130 valence electrons. The Bertz CT molecular complexity index is 969. The zero-order valence-corrected chi connectivity index (χ0v) is 15.2. The number of hydrogen-bond acceptors (Lipinski definition) is 3. The summed E-state index contributed by atoms with van der Waals surface area (Å²) in [5.41, 5.74) is 5.73. The summed E-state index contributed by atoms with van der Waals surface area (Å²) in [6, 6.07) is 11.6. The highest BCUT2D eigenvalue weighted by Gasteiger charge is 2.25. The van der Waals surface area contributed by atoms with Crippen LogP contribution >= 0.6 is 11.6 Å². The van der Waals surface area contributed by atoms with E-state index in [2.05, 4.69) is 16.0 Å². The van der Waals surface area contributed by atoms with Crippen molar-refractivity contribution in [3.05, 3.63) is 88.0 Å². The van der Waals surface area contributed by atoms with Crippen LogP contribution < -0.4 is 4.90 Å². The molecule has 2 aromatic heterocycles. The second kappa shape index (κ2) is 6.89. The number of aromatic nitrogens is 2. The number of benzene rings is 1. The van der Waals surface area contributed by atoms with E-state index in [9.17, 15) is 4.79 Å². The first-order valence-corrected chi connectivity index (χ1v) is 8.94. The van der Waals surface area contributed by atoms with Crippen LogP contribution in [0.1, 0.15) is 32.7 Å². The van der Waals surface area contributed by atoms with Crippen molar-refractivity contribution in [1.82, 2.24) is 9.97 Å². The molecule has 0 fully saturated rings. The summed E-state index contributed by atoms with van der Waals surface area (Å²) in [4.78, 5) is 23.4. The van der Waals surface area contributed by atoms with E-state index in [0.717, 1.165) is 40.9 Å². The van der Waals surface area contributed by atoms with Crippen LogP contribution in [0.2, 0.25) is 5.02 Å².